The van der Waals surface area contributed by atoms with E-state index in [1.165, 1.54) is 30.1 Å². The second-order valence-electron chi connectivity index (χ2n) is 4.81. The van der Waals surface area contributed by atoms with Gasteiger partial charge in [-0.25, -0.2) is 4.39 Å². The first-order valence-electron chi connectivity index (χ1n) is 6.86. The highest BCUT2D eigenvalue weighted by Gasteiger charge is 2.16. The zero-order valence-electron chi connectivity index (χ0n) is 12.8. The van der Waals surface area contributed by atoms with Crippen molar-refractivity contribution in [2.24, 2.45) is 7.05 Å². The van der Waals surface area contributed by atoms with Crippen molar-refractivity contribution in [1.82, 2.24) is 20.4 Å². The monoisotopic (exact) mass is 320 g/mol. The topological polar surface area (TPSA) is 85.2 Å². The van der Waals surface area contributed by atoms with Crippen LogP contribution in [0.15, 0.2) is 30.5 Å². The summed E-state index contributed by atoms with van der Waals surface area (Å²) in [5, 5.41) is 9.08. The maximum absolute atomic E-state index is 12.8. The Morgan fingerprint density at radius 2 is 1.96 bits per heavy atom. The third-order valence-electron chi connectivity index (χ3n) is 3.05. The average Bonchev–Trinajstić information content (AvgIpc) is 2.93. The molecule has 23 heavy (non-hydrogen) atoms. The van der Waals surface area contributed by atoms with E-state index in [9.17, 15) is 14.0 Å². The van der Waals surface area contributed by atoms with Crippen LogP contribution >= 0.6 is 0 Å². The lowest BCUT2D eigenvalue weighted by atomic mass is 10.2. The smallest absolute Gasteiger partial charge is 0.258 e. The minimum absolute atomic E-state index is 0.182. The number of methoxy groups -OCH3 is 1. The Kier molecular flexibility index (Phi) is 5.29. The zero-order valence-corrected chi connectivity index (χ0v) is 12.8. The van der Waals surface area contributed by atoms with E-state index >= 15 is 0 Å². The van der Waals surface area contributed by atoms with Crippen molar-refractivity contribution in [1.29, 1.82) is 0 Å². The number of aryl methyl sites for hydroxylation is 1. The van der Waals surface area contributed by atoms with Gasteiger partial charge in [0.2, 0.25) is 11.8 Å². The third-order valence-corrected chi connectivity index (χ3v) is 3.05. The van der Waals surface area contributed by atoms with Gasteiger partial charge in [0.25, 0.3) is 5.91 Å². The second-order valence-corrected chi connectivity index (χ2v) is 4.81. The van der Waals surface area contributed by atoms with Crippen molar-refractivity contribution < 1.29 is 18.7 Å². The lowest BCUT2D eigenvalue weighted by molar-refractivity contribution is -0.120. The van der Waals surface area contributed by atoms with E-state index in [0.29, 0.717) is 0 Å². The second kappa shape index (κ2) is 7.39. The molecule has 0 aliphatic rings. The molecule has 1 aromatic carbocycles. The molecule has 0 radical (unpaired) electrons. The van der Waals surface area contributed by atoms with Crippen LogP contribution in [0.3, 0.4) is 0 Å². The lowest BCUT2D eigenvalue weighted by Crippen LogP contribution is -2.36. The largest absolute Gasteiger partial charge is 0.479 e. The fourth-order valence-electron chi connectivity index (χ4n) is 1.90. The Bertz CT molecular complexity index is 697. The fourth-order valence-corrected chi connectivity index (χ4v) is 1.90. The van der Waals surface area contributed by atoms with Gasteiger partial charge in [-0.15, -0.1) is 5.10 Å². The van der Waals surface area contributed by atoms with Gasteiger partial charge in [-0.1, -0.05) is 12.1 Å². The minimum atomic E-state index is -0.452. The predicted octanol–water partition coefficient (Wildman–Crippen LogP) is 0.614. The van der Waals surface area contributed by atoms with Gasteiger partial charge in [-0.2, -0.15) is 0 Å². The summed E-state index contributed by atoms with van der Waals surface area (Å²) < 4.78 is 19.2. The third kappa shape index (κ3) is 4.53. The molecule has 0 bridgehead atoms. The van der Waals surface area contributed by atoms with E-state index in [1.54, 1.807) is 19.2 Å². The standard InChI is InChI=1S/C15H17FN4O3/c1-20-9-12(15(19-20)23-2)14(22)18-8-13(21)17-7-10-3-5-11(16)6-4-10/h3-6,9H,7-8H2,1-2H3,(H,17,21)(H,18,22). The first kappa shape index (κ1) is 16.5. The first-order valence-corrected chi connectivity index (χ1v) is 6.86. The van der Waals surface area contributed by atoms with Crippen LogP contribution in [0.25, 0.3) is 0 Å². The van der Waals surface area contributed by atoms with Crippen LogP contribution in [0.2, 0.25) is 0 Å². The Hall–Kier alpha value is -2.90. The zero-order chi connectivity index (χ0) is 16.8. The maximum atomic E-state index is 12.8. The highest BCUT2D eigenvalue weighted by Crippen LogP contribution is 2.13. The molecule has 1 aromatic heterocycles. The number of nitrogens with zero attached hydrogens (tertiary/aromatic N) is 2. The summed E-state index contributed by atoms with van der Waals surface area (Å²) >= 11 is 0. The number of hydrogen-bond donors (Lipinski definition) is 2. The van der Waals surface area contributed by atoms with Gasteiger partial charge in [0, 0.05) is 19.8 Å². The van der Waals surface area contributed by atoms with Crippen molar-refractivity contribution in [3.05, 3.63) is 47.4 Å². The molecule has 0 spiro atoms. The molecular formula is C15H17FN4O3. The molecule has 7 nitrogen and oxygen atoms in total. The van der Waals surface area contributed by atoms with Crippen molar-refractivity contribution in [3.63, 3.8) is 0 Å². The van der Waals surface area contributed by atoms with E-state index in [4.69, 9.17) is 4.74 Å². The van der Waals surface area contributed by atoms with Crippen LogP contribution in [0.1, 0.15) is 15.9 Å². The number of hydrogen-bond acceptors (Lipinski definition) is 4. The van der Waals surface area contributed by atoms with Crippen LogP contribution in [0.4, 0.5) is 4.39 Å². The number of benzene rings is 1. The van der Waals surface area contributed by atoms with Crippen molar-refractivity contribution in [2.75, 3.05) is 13.7 Å². The van der Waals surface area contributed by atoms with E-state index in [0.717, 1.165) is 5.56 Å². The number of nitrogens with one attached hydrogen (secondary N) is 2. The molecule has 0 saturated carbocycles. The summed E-state index contributed by atoms with van der Waals surface area (Å²) in [4.78, 5) is 23.7. The Morgan fingerprint density at radius 1 is 1.26 bits per heavy atom. The van der Waals surface area contributed by atoms with Crippen molar-refractivity contribution in [2.45, 2.75) is 6.54 Å². The molecule has 0 fully saturated rings. The summed E-state index contributed by atoms with van der Waals surface area (Å²) in [6.45, 7) is 0.0727. The Balaban J connectivity index is 1.81. The molecule has 2 N–H and O–H groups in total. The van der Waals surface area contributed by atoms with Gasteiger partial charge in [-0.05, 0) is 17.7 Å². The molecule has 0 atom stereocenters. The number of aromatic nitrogens is 2. The van der Waals surface area contributed by atoms with Gasteiger partial charge < -0.3 is 15.4 Å². The van der Waals surface area contributed by atoms with Crippen LogP contribution in [0.5, 0.6) is 5.88 Å². The van der Waals surface area contributed by atoms with Crippen LogP contribution in [-0.4, -0.2) is 35.2 Å². The number of carbonyl (C=O) groups excluding carboxylic acids is 2. The number of carbonyl (C=O) groups is 2. The van der Waals surface area contributed by atoms with Gasteiger partial charge >= 0.3 is 0 Å². The van der Waals surface area contributed by atoms with Crippen LogP contribution in [0, 0.1) is 5.82 Å². The number of halogens is 1. The molecule has 2 rings (SSSR count). The molecule has 2 aromatic rings. The normalized spacial score (nSPS) is 10.2. The summed E-state index contributed by atoms with van der Waals surface area (Å²) in [7, 11) is 3.07. The van der Waals surface area contributed by atoms with E-state index in [1.807, 2.05) is 0 Å². The van der Waals surface area contributed by atoms with Gasteiger partial charge in [0.1, 0.15) is 11.4 Å². The lowest BCUT2D eigenvalue weighted by Gasteiger charge is -2.07. The Morgan fingerprint density at radius 3 is 2.61 bits per heavy atom. The SMILES string of the molecule is COc1nn(C)cc1C(=O)NCC(=O)NCc1ccc(F)cc1. The van der Waals surface area contributed by atoms with Crippen molar-refractivity contribution in [3.8, 4) is 5.88 Å². The van der Waals surface area contributed by atoms with E-state index in [2.05, 4.69) is 15.7 Å². The molecule has 0 saturated heterocycles. The highest BCUT2D eigenvalue weighted by molar-refractivity contribution is 5.98. The Labute approximate surface area is 132 Å². The molecule has 0 aliphatic carbocycles. The van der Waals surface area contributed by atoms with Gasteiger partial charge in [0.05, 0.1) is 13.7 Å². The van der Waals surface area contributed by atoms with Crippen LogP contribution in [-0.2, 0) is 18.4 Å². The summed E-state index contributed by atoms with van der Waals surface area (Å²) in [5.41, 5.74) is 1.02. The average molecular weight is 320 g/mol. The molecule has 8 heteroatoms. The molecule has 1 heterocycles. The highest BCUT2D eigenvalue weighted by atomic mass is 19.1. The number of ether oxygens (including phenoxy) is 1. The van der Waals surface area contributed by atoms with E-state index < -0.39 is 5.91 Å². The fraction of sp³-hybridized carbons (Fsp3) is 0.267. The summed E-state index contributed by atoms with van der Waals surface area (Å²) in [6.07, 6.45) is 1.50. The number of rotatable bonds is 6. The van der Waals surface area contributed by atoms with E-state index in [-0.39, 0.29) is 36.3 Å². The number of amides is 2. The first-order chi connectivity index (χ1) is 11.0. The molecule has 2 amide bonds. The molecule has 0 aliphatic heterocycles. The van der Waals surface area contributed by atoms with Crippen LogP contribution < -0.4 is 15.4 Å². The van der Waals surface area contributed by atoms with Crippen molar-refractivity contribution >= 4 is 11.8 Å². The minimum Gasteiger partial charge on any atom is -0.479 e. The quantitative estimate of drug-likeness (QED) is 0.817. The van der Waals surface area contributed by atoms with Gasteiger partial charge in [0.15, 0.2) is 0 Å². The molecule has 122 valence electrons. The molecule has 0 unspecified atom stereocenters. The van der Waals surface area contributed by atoms with Gasteiger partial charge in [-0.3, -0.25) is 14.3 Å². The molecular weight excluding hydrogens is 303 g/mol. The summed E-state index contributed by atoms with van der Waals surface area (Å²) in [6, 6.07) is 5.79. The summed E-state index contributed by atoms with van der Waals surface area (Å²) in [5.74, 6) is -0.952. The predicted molar refractivity (Wildman–Crippen MR) is 80.3 cm³/mol. The maximum Gasteiger partial charge on any atom is 0.258 e.